The number of hydrogen-bond donors (Lipinski definition) is 1. The standard InChI is InChI=1S/C21H20Cl2N2O2S/c1-13(2)15-3-5-18(6-4-15)27-12-20(26)25-21-24-11-19(28-21)9-14-7-16(22)10-17(23)8-14/h3-8,10-11,13H,9,12H2,1-2H3,(H,24,25,26). The lowest BCUT2D eigenvalue weighted by Gasteiger charge is -2.08. The number of halogens is 2. The summed E-state index contributed by atoms with van der Waals surface area (Å²) in [5.74, 6) is 0.872. The summed E-state index contributed by atoms with van der Waals surface area (Å²) in [7, 11) is 0. The maximum absolute atomic E-state index is 12.1. The molecular formula is C21H20Cl2N2O2S. The molecule has 28 heavy (non-hydrogen) atoms. The Morgan fingerprint density at radius 1 is 1.14 bits per heavy atom. The van der Waals surface area contributed by atoms with Crippen LogP contribution in [0.25, 0.3) is 0 Å². The van der Waals surface area contributed by atoms with Crippen molar-refractivity contribution in [3.8, 4) is 5.75 Å². The summed E-state index contributed by atoms with van der Waals surface area (Å²) in [5, 5.41) is 4.49. The number of benzene rings is 2. The van der Waals surface area contributed by atoms with Gasteiger partial charge in [0, 0.05) is 27.5 Å². The van der Waals surface area contributed by atoms with E-state index in [9.17, 15) is 4.79 Å². The molecule has 0 radical (unpaired) electrons. The molecule has 7 heteroatoms. The maximum atomic E-state index is 12.1. The zero-order valence-electron chi connectivity index (χ0n) is 15.5. The molecule has 1 amide bonds. The largest absolute Gasteiger partial charge is 0.484 e. The highest BCUT2D eigenvalue weighted by Gasteiger charge is 2.09. The number of aromatic nitrogens is 1. The Hall–Kier alpha value is -2.08. The molecule has 3 rings (SSSR count). The van der Waals surface area contributed by atoms with Crippen LogP contribution in [0, 0.1) is 0 Å². The van der Waals surface area contributed by atoms with E-state index in [0.717, 1.165) is 10.4 Å². The monoisotopic (exact) mass is 434 g/mol. The van der Waals surface area contributed by atoms with Gasteiger partial charge in [-0.3, -0.25) is 10.1 Å². The molecule has 146 valence electrons. The van der Waals surface area contributed by atoms with Gasteiger partial charge in [0.15, 0.2) is 11.7 Å². The van der Waals surface area contributed by atoms with Crippen LogP contribution in [0.4, 0.5) is 5.13 Å². The second-order valence-electron chi connectivity index (χ2n) is 6.65. The van der Waals surface area contributed by atoms with Crippen molar-refractivity contribution in [2.24, 2.45) is 0 Å². The highest BCUT2D eigenvalue weighted by Crippen LogP contribution is 2.25. The third kappa shape index (κ3) is 5.96. The summed E-state index contributed by atoms with van der Waals surface area (Å²) in [6.45, 7) is 4.19. The number of carbonyl (C=O) groups is 1. The number of hydrogen-bond acceptors (Lipinski definition) is 4. The van der Waals surface area contributed by atoms with Crippen LogP contribution in [-0.4, -0.2) is 17.5 Å². The number of thiazole rings is 1. The lowest BCUT2D eigenvalue weighted by molar-refractivity contribution is -0.118. The van der Waals surface area contributed by atoms with Gasteiger partial charge in [0.1, 0.15) is 5.75 Å². The van der Waals surface area contributed by atoms with Crippen molar-refractivity contribution in [2.75, 3.05) is 11.9 Å². The molecule has 0 bridgehead atoms. The molecule has 1 aromatic heterocycles. The SMILES string of the molecule is CC(C)c1ccc(OCC(=O)Nc2ncc(Cc3cc(Cl)cc(Cl)c3)s2)cc1. The molecule has 0 aliphatic carbocycles. The van der Waals surface area contributed by atoms with Crippen LogP contribution in [0.2, 0.25) is 10.0 Å². The lowest BCUT2D eigenvalue weighted by atomic mass is 10.0. The average Bonchev–Trinajstić information content (AvgIpc) is 3.06. The van der Waals surface area contributed by atoms with Gasteiger partial charge < -0.3 is 4.74 Å². The van der Waals surface area contributed by atoms with Crippen LogP contribution in [0.1, 0.15) is 35.8 Å². The Morgan fingerprint density at radius 2 is 1.82 bits per heavy atom. The van der Waals surface area contributed by atoms with Crippen molar-refractivity contribution in [1.82, 2.24) is 4.98 Å². The Labute approximate surface area is 178 Å². The van der Waals surface area contributed by atoms with E-state index in [1.54, 1.807) is 12.3 Å². The fourth-order valence-electron chi connectivity index (χ4n) is 2.61. The lowest BCUT2D eigenvalue weighted by Crippen LogP contribution is -2.19. The van der Waals surface area contributed by atoms with E-state index in [4.69, 9.17) is 27.9 Å². The first-order valence-electron chi connectivity index (χ1n) is 8.81. The Morgan fingerprint density at radius 3 is 2.46 bits per heavy atom. The second-order valence-corrected chi connectivity index (χ2v) is 8.63. The van der Waals surface area contributed by atoms with E-state index in [0.29, 0.717) is 33.3 Å². The van der Waals surface area contributed by atoms with Crippen LogP contribution in [0.3, 0.4) is 0 Å². The topological polar surface area (TPSA) is 51.2 Å². The fraction of sp³-hybridized carbons (Fsp3) is 0.238. The minimum Gasteiger partial charge on any atom is -0.484 e. The van der Waals surface area contributed by atoms with Crippen molar-refractivity contribution < 1.29 is 9.53 Å². The average molecular weight is 435 g/mol. The van der Waals surface area contributed by atoms with Gasteiger partial charge >= 0.3 is 0 Å². The smallest absolute Gasteiger partial charge is 0.264 e. The first-order chi connectivity index (χ1) is 13.4. The molecule has 1 N–H and O–H groups in total. The van der Waals surface area contributed by atoms with Crippen molar-refractivity contribution in [2.45, 2.75) is 26.2 Å². The Balaban J connectivity index is 1.52. The molecule has 3 aromatic rings. The third-order valence-electron chi connectivity index (χ3n) is 4.02. The quantitative estimate of drug-likeness (QED) is 0.482. The Kier molecular flexibility index (Phi) is 6.94. The minimum absolute atomic E-state index is 0.0696. The van der Waals surface area contributed by atoms with Gasteiger partial charge in [0.25, 0.3) is 5.91 Å². The number of rotatable bonds is 7. The summed E-state index contributed by atoms with van der Waals surface area (Å²) < 4.78 is 5.54. The normalized spacial score (nSPS) is 10.9. The molecule has 0 unspecified atom stereocenters. The molecule has 0 spiro atoms. The molecular weight excluding hydrogens is 415 g/mol. The molecule has 0 fully saturated rings. The summed E-state index contributed by atoms with van der Waals surface area (Å²) >= 11 is 13.5. The third-order valence-corrected chi connectivity index (χ3v) is 5.37. The molecule has 4 nitrogen and oxygen atoms in total. The van der Waals surface area contributed by atoms with Crippen molar-refractivity contribution in [3.63, 3.8) is 0 Å². The van der Waals surface area contributed by atoms with Crippen LogP contribution in [0.5, 0.6) is 5.75 Å². The van der Waals surface area contributed by atoms with E-state index < -0.39 is 0 Å². The van der Waals surface area contributed by atoms with E-state index in [1.165, 1.54) is 16.9 Å². The van der Waals surface area contributed by atoms with Gasteiger partial charge in [-0.15, -0.1) is 11.3 Å². The summed E-state index contributed by atoms with van der Waals surface area (Å²) in [4.78, 5) is 17.4. The number of nitrogens with one attached hydrogen (secondary N) is 1. The van der Waals surface area contributed by atoms with Gasteiger partial charge in [-0.05, 0) is 47.4 Å². The zero-order valence-corrected chi connectivity index (χ0v) is 17.9. The number of carbonyl (C=O) groups excluding carboxylic acids is 1. The fourth-order valence-corrected chi connectivity index (χ4v) is 4.05. The van der Waals surface area contributed by atoms with Crippen molar-refractivity contribution in [3.05, 3.63) is 74.7 Å². The number of nitrogens with zero attached hydrogens (tertiary/aromatic N) is 1. The summed E-state index contributed by atoms with van der Waals surface area (Å²) in [6, 6.07) is 13.2. The first-order valence-corrected chi connectivity index (χ1v) is 10.4. The van der Waals surface area contributed by atoms with Gasteiger partial charge in [0.2, 0.25) is 0 Å². The van der Waals surface area contributed by atoms with Crippen LogP contribution in [-0.2, 0) is 11.2 Å². The molecule has 1 heterocycles. The highest BCUT2D eigenvalue weighted by molar-refractivity contribution is 7.15. The van der Waals surface area contributed by atoms with E-state index in [-0.39, 0.29) is 12.5 Å². The van der Waals surface area contributed by atoms with E-state index in [2.05, 4.69) is 24.1 Å². The van der Waals surface area contributed by atoms with Gasteiger partial charge in [-0.1, -0.05) is 49.2 Å². The maximum Gasteiger partial charge on any atom is 0.264 e. The van der Waals surface area contributed by atoms with Crippen LogP contribution >= 0.6 is 34.5 Å². The predicted molar refractivity (Wildman–Crippen MR) is 116 cm³/mol. The predicted octanol–water partition coefficient (Wildman–Crippen LogP) is 6.18. The van der Waals surface area contributed by atoms with Crippen LogP contribution < -0.4 is 10.1 Å². The summed E-state index contributed by atoms with van der Waals surface area (Å²) in [5.41, 5.74) is 2.22. The summed E-state index contributed by atoms with van der Waals surface area (Å²) in [6.07, 6.45) is 2.38. The molecule has 0 aliphatic heterocycles. The van der Waals surface area contributed by atoms with Crippen molar-refractivity contribution >= 4 is 45.6 Å². The molecule has 0 atom stereocenters. The van der Waals surface area contributed by atoms with Gasteiger partial charge in [0.05, 0.1) is 0 Å². The van der Waals surface area contributed by atoms with Crippen molar-refractivity contribution in [1.29, 1.82) is 0 Å². The first kappa shape index (κ1) is 20.6. The molecule has 0 aliphatic rings. The Bertz CT molecular complexity index is 935. The van der Waals surface area contributed by atoms with Gasteiger partial charge in [-0.2, -0.15) is 0 Å². The van der Waals surface area contributed by atoms with E-state index in [1.807, 2.05) is 36.4 Å². The van der Waals surface area contributed by atoms with Gasteiger partial charge in [-0.25, -0.2) is 4.98 Å². The van der Waals surface area contributed by atoms with Crippen LogP contribution in [0.15, 0.2) is 48.7 Å². The number of amides is 1. The second kappa shape index (κ2) is 9.41. The highest BCUT2D eigenvalue weighted by atomic mass is 35.5. The zero-order chi connectivity index (χ0) is 20.1. The molecule has 0 saturated carbocycles. The van der Waals surface area contributed by atoms with E-state index >= 15 is 0 Å². The number of anilines is 1. The molecule has 2 aromatic carbocycles. The molecule has 0 saturated heterocycles. The number of ether oxygens (including phenoxy) is 1. The minimum atomic E-state index is -0.250.